The molecule has 0 fully saturated rings. The normalized spacial score (nSPS) is 11.7. The van der Waals surface area contributed by atoms with Crippen molar-refractivity contribution in [3.63, 3.8) is 0 Å². The molecule has 1 nitrogen and oxygen atoms in total. The zero-order valence-corrected chi connectivity index (χ0v) is 9.90. The smallest absolute Gasteiger partial charge is 0.0997 e. The molecule has 0 amide bonds. The van der Waals surface area contributed by atoms with Gasteiger partial charge in [-0.15, -0.1) is 0 Å². The number of nitrogens with zero attached hydrogens (tertiary/aromatic N) is 1. The fourth-order valence-electron chi connectivity index (χ4n) is 1.91. The van der Waals surface area contributed by atoms with Gasteiger partial charge in [-0.2, -0.15) is 0 Å². The quantitative estimate of drug-likeness (QED) is 0.421. The molecule has 0 aliphatic carbocycles. The Balaban J connectivity index is 4.21. The van der Waals surface area contributed by atoms with Gasteiger partial charge in [0.1, 0.15) is 0 Å². The predicted octanol–water partition coefficient (Wildman–Crippen LogP) is 3.22. The summed E-state index contributed by atoms with van der Waals surface area (Å²) in [6.07, 6.45) is 2.64. The van der Waals surface area contributed by atoms with E-state index in [4.69, 9.17) is 0 Å². The minimum Gasteiger partial charge on any atom is -0.321 e. The highest BCUT2D eigenvalue weighted by Crippen LogP contribution is 2.11. The van der Waals surface area contributed by atoms with Crippen molar-refractivity contribution in [2.24, 2.45) is 0 Å². The van der Waals surface area contributed by atoms with Crippen LogP contribution in [0.25, 0.3) is 0 Å². The summed E-state index contributed by atoms with van der Waals surface area (Å²) in [5.74, 6) is 0. The van der Waals surface area contributed by atoms with Gasteiger partial charge in [-0.25, -0.2) is 0 Å². The molecule has 0 atom stereocenters. The second-order valence-electron chi connectivity index (χ2n) is 4.17. The van der Waals surface area contributed by atoms with Crippen LogP contribution in [-0.4, -0.2) is 30.7 Å². The molecular weight excluding hydrogens is 158 g/mol. The first-order chi connectivity index (χ1) is 6.10. The highest BCUT2D eigenvalue weighted by atomic mass is 15.3. The first-order valence-corrected chi connectivity index (χ1v) is 5.59. The summed E-state index contributed by atoms with van der Waals surface area (Å²) in [6.45, 7) is 18.0. The third-order valence-corrected chi connectivity index (χ3v) is 2.93. The largest absolute Gasteiger partial charge is 0.321 e. The molecule has 13 heavy (non-hydrogen) atoms. The topological polar surface area (TPSA) is 0 Å². The lowest BCUT2D eigenvalue weighted by Gasteiger charge is -2.37. The van der Waals surface area contributed by atoms with Crippen molar-refractivity contribution in [1.29, 1.82) is 0 Å². The molecule has 0 aliphatic heterocycles. The molecule has 0 saturated heterocycles. The van der Waals surface area contributed by atoms with Crippen LogP contribution >= 0.6 is 0 Å². The number of rotatable bonds is 7. The van der Waals surface area contributed by atoms with Crippen molar-refractivity contribution in [1.82, 2.24) is 0 Å². The van der Waals surface area contributed by atoms with Gasteiger partial charge < -0.3 is 4.48 Å². The fraction of sp³-hybridized carbons (Fsp3) is 0.833. The van der Waals surface area contributed by atoms with E-state index in [1.54, 1.807) is 0 Å². The number of hydrogen-bond donors (Lipinski definition) is 0. The summed E-state index contributed by atoms with van der Waals surface area (Å²) in [7, 11) is 0. The van der Waals surface area contributed by atoms with E-state index < -0.39 is 0 Å². The van der Waals surface area contributed by atoms with Crippen LogP contribution in [-0.2, 0) is 0 Å². The van der Waals surface area contributed by atoms with Gasteiger partial charge in [0.05, 0.1) is 26.2 Å². The van der Waals surface area contributed by atoms with Gasteiger partial charge in [-0.1, -0.05) is 19.9 Å². The first kappa shape index (κ1) is 12.7. The zero-order chi connectivity index (χ0) is 10.3. The summed E-state index contributed by atoms with van der Waals surface area (Å²) in [5, 5.41) is 0. The number of unbranched alkanes of at least 4 members (excludes halogenated alkanes) is 1. The predicted molar refractivity (Wildman–Crippen MR) is 60.8 cm³/mol. The van der Waals surface area contributed by atoms with Gasteiger partial charge in [0.15, 0.2) is 0 Å². The molecule has 0 saturated carbocycles. The van der Waals surface area contributed by atoms with E-state index >= 15 is 0 Å². The van der Waals surface area contributed by atoms with Gasteiger partial charge in [-0.05, 0) is 32.8 Å². The van der Waals surface area contributed by atoms with Crippen LogP contribution in [0.5, 0.6) is 0 Å². The molecule has 0 aromatic rings. The molecule has 0 aliphatic rings. The summed E-state index contributed by atoms with van der Waals surface area (Å²) in [6, 6.07) is 0. The molecular formula is C12H26N+. The average molecular weight is 184 g/mol. The van der Waals surface area contributed by atoms with Gasteiger partial charge >= 0.3 is 0 Å². The molecule has 0 spiro atoms. The SMILES string of the molecule is C=C(C)C[N+](CC)(CC)CCCC. The highest BCUT2D eigenvalue weighted by Gasteiger charge is 2.21. The van der Waals surface area contributed by atoms with Gasteiger partial charge in [0.2, 0.25) is 0 Å². The Bertz CT molecular complexity index is 145. The molecule has 0 aromatic carbocycles. The molecule has 0 radical (unpaired) electrons. The minimum absolute atomic E-state index is 1.16. The maximum absolute atomic E-state index is 4.03. The van der Waals surface area contributed by atoms with Crippen molar-refractivity contribution >= 4 is 0 Å². The molecule has 0 N–H and O–H groups in total. The van der Waals surface area contributed by atoms with Crippen LogP contribution in [0.2, 0.25) is 0 Å². The van der Waals surface area contributed by atoms with Crippen LogP contribution in [0.4, 0.5) is 0 Å². The van der Waals surface area contributed by atoms with Crippen molar-refractivity contribution in [2.75, 3.05) is 26.2 Å². The van der Waals surface area contributed by atoms with Crippen LogP contribution < -0.4 is 0 Å². The third-order valence-electron chi connectivity index (χ3n) is 2.93. The minimum atomic E-state index is 1.16. The van der Waals surface area contributed by atoms with Crippen molar-refractivity contribution < 1.29 is 4.48 Å². The summed E-state index contributed by atoms with van der Waals surface area (Å²) < 4.78 is 1.23. The van der Waals surface area contributed by atoms with Gasteiger partial charge in [-0.3, -0.25) is 0 Å². The van der Waals surface area contributed by atoms with E-state index in [-0.39, 0.29) is 0 Å². The summed E-state index contributed by atoms with van der Waals surface area (Å²) >= 11 is 0. The summed E-state index contributed by atoms with van der Waals surface area (Å²) in [4.78, 5) is 0. The highest BCUT2D eigenvalue weighted by molar-refractivity contribution is 4.87. The first-order valence-electron chi connectivity index (χ1n) is 5.59. The second kappa shape index (κ2) is 6.20. The van der Waals surface area contributed by atoms with Crippen molar-refractivity contribution in [3.05, 3.63) is 12.2 Å². The molecule has 0 heterocycles. The van der Waals surface area contributed by atoms with Crippen LogP contribution in [0.15, 0.2) is 12.2 Å². The Hall–Kier alpha value is -0.300. The lowest BCUT2D eigenvalue weighted by Crippen LogP contribution is -2.49. The standard InChI is InChI=1S/C12H26N/c1-6-9-10-13(7-2,8-3)11-12(4)5/h4,6-11H2,1-3,5H3/q+1. The molecule has 0 bridgehead atoms. The lowest BCUT2D eigenvalue weighted by atomic mass is 10.2. The molecule has 0 aromatic heterocycles. The van der Waals surface area contributed by atoms with E-state index in [1.807, 2.05) is 0 Å². The van der Waals surface area contributed by atoms with Gasteiger partial charge in [0, 0.05) is 0 Å². The van der Waals surface area contributed by atoms with Gasteiger partial charge in [0.25, 0.3) is 0 Å². The summed E-state index contributed by atoms with van der Waals surface area (Å²) in [5.41, 5.74) is 1.32. The maximum Gasteiger partial charge on any atom is 0.0997 e. The molecule has 78 valence electrons. The van der Waals surface area contributed by atoms with E-state index in [1.165, 1.54) is 42.5 Å². The molecule has 0 unspecified atom stereocenters. The lowest BCUT2D eigenvalue weighted by molar-refractivity contribution is -0.920. The zero-order valence-electron chi connectivity index (χ0n) is 9.90. The second-order valence-corrected chi connectivity index (χ2v) is 4.17. The number of quaternary nitrogens is 1. The monoisotopic (exact) mass is 184 g/mol. The van der Waals surface area contributed by atoms with E-state index in [0.29, 0.717) is 0 Å². The van der Waals surface area contributed by atoms with Crippen LogP contribution in [0, 0.1) is 0 Å². The number of hydrogen-bond acceptors (Lipinski definition) is 0. The van der Waals surface area contributed by atoms with Crippen LogP contribution in [0.1, 0.15) is 40.5 Å². The Morgan fingerprint density at radius 3 is 2.00 bits per heavy atom. The maximum atomic E-state index is 4.03. The Labute approximate surface area is 84.0 Å². The van der Waals surface area contributed by atoms with Crippen LogP contribution in [0.3, 0.4) is 0 Å². The molecule has 1 heteroatoms. The fourth-order valence-corrected chi connectivity index (χ4v) is 1.91. The van der Waals surface area contributed by atoms with Crippen molar-refractivity contribution in [3.8, 4) is 0 Å². The number of likely N-dealkylation sites (N-methyl/N-ethyl adjacent to an activating group) is 1. The molecule has 0 rings (SSSR count). The van der Waals surface area contributed by atoms with E-state index in [0.717, 1.165) is 6.54 Å². The van der Waals surface area contributed by atoms with E-state index in [9.17, 15) is 0 Å². The third kappa shape index (κ3) is 4.47. The van der Waals surface area contributed by atoms with Crippen molar-refractivity contribution in [2.45, 2.75) is 40.5 Å². The Morgan fingerprint density at radius 1 is 1.15 bits per heavy atom. The Morgan fingerprint density at radius 2 is 1.69 bits per heavy atom. The average Bonchev–Trinajstić information content (AvgIpc) is 2.12. The Kier molecular flexibility index (Phi) is 6.06. The van der Waals surface area contributed by atoms with E-state index in [2.05, 4.69) is 34.3 Å².